The van der Waals surface area contributed by atoms with Gasteiger partial charge < -0.3 is 10.1 Å². The van der Waals surface area contributed by atoms with E-state index in [0.717, 1.165) is 5.57 Å². The Bertz CT molecular complexity index is 273. The van der Waals surface area contributed by atoms with Gasteiger partial charge in [0.1, 0.15) is 0 Å². The second-order valence-corrected chi connectivity index (χ2v) is 3.58. The van der Waals surface area contributed by atoms with Crippen molar-refractivity contribution >= 4 is 11.9 Å². The van der Waals surface area contributed by atoms with Crippen LogP contribution in [0.1, 0.15) is 13.3 Å². The van der Waals surface area contributed by atoms with Crippen LogP contribution in [0.5, 0.6) is 0 Å². The molecular weight excluding hydrogens is 182 g/mol. The Labute approximate surface area is 83.3 Å². The zero-order chi connectivity index (χ0) is 10.7. The summed E-state index contributed by atoms with van der Waals surface area (Å²) in [6.07, 6.45) is 0.139. The van der Waals surface area contributed by atoms with Crippen LogP contribution in [0.4, 0.5) is 0 Å². The first-order valence-electron chi connectivity index (χ1n) is 4.56. The van der Waals surface area contributed by atoms with E-state index >= 15 is 0 Å². The summed E-state index contributed by atoms with van der Waals surface area (Å²) in [6, 6.07) is 0. The van der Waals surface area contributed by atoms with E-state index in [1.54, 1.807) is 0 Å². The van der Waals surface area contributed by atoms with Crippen LogP contribution in [0, 0.1) is 11.8 Å². The smallest absolute Gasteiger partial charge is 0.306 e. The molecule has 1 rings (SSSR count). The lowest BCUT2D eigenvalue weighted by Crippen LogP contribution is -2.23. The monoisotopic (exact) mass is 197 g/mol. The molecule has 0 saturated carbocycles. The van der Waals surface area contributed by atoms with Crippen molar-refractivity contribution < 1.29 is 14.3 Å². The molecule has 1 saturated heterocycles. The maximum Gasteiger partial charge on any atom is 0.306 e. The van der Waals surface area contributed by atoms with Gasteiger partial charge in [-0.25, -0.2) is 0 Å². The maximum atomic E-state index is 11.4. The predicted octanol–water partition coefficient (Wildman–Crippen LogP) is 0.488. The van der Waals surface area contributed by atoms with E-state index in [4.69, 9.17) is 0 Å². The van der Waals surface area contributed by atoms with Crippen molar-refractivity contribution in [2.75, 3.05) is 13.7 Å². The number of carbonyl (C=O) groups is 2. The fourth-order valence-electron chi connectivity index (χ4n) is 1.68. The summed E-state index contributed by atoms with van der Waals surface area (Å²) in [7, 11) is 1.32. The summed E-state index contributed by atoms with van der Waals surface area (Å²) >= 11 is 0. The van der Waals surface area contributed by atoms with Crippen LogP contribution in [0.2, 0.25) is 0 Å². The molecule has 0 aromatic rings. The van der Waals surface area contributed by atoms with E-state index < -0.39 is 0 Å². The van der Waals surface area contributed by atoms with Crippen LogP contribution in [-0.4, -0.2) is 25.5 Å². The van der Waals surface area contributed by atoms with Crippen molar-refractivity contribution in [2.24, 2.45) is 11.8 Å². The van der Waals surface area contributed by atoms with E-state index in [2.05, 4.69) is 16.6 Å². The van der Waals surface area contributed by atoms with E-state index in [-0.39, 0.29) is 30.1 Å². The Hall–Kier alpha value is -1.32. The second kappa shape index (κ2) is 4.26. The molecule has 0 aromatic carbocycles. The summed E-state index contributed by atoms with van der Waals surface area (Å²) in [6.45, 7) is 6.26. The normalized spacial score (nSPS) is 25.7. The molecular formula is C10H15NO3. The SMILES string of the molecule is C=C(C)[C@H]1CNC(=O)[C@H]1CC(=O)OC. The van der Waals surface area contributed by atoms with Gasteiger partial charge in [-0.2, -0.15) is 0 Å². The number of rotatable bonds is 3. The minimum atomic E-state index is -0.349. The van der Waals surface area contributed by atoms with Crippen molar-refractivity contribution in [1.82, 2.24) is 5.32 Å². The first-order chi connectivity index (χ1) is 6.56. The second-order valence-electron chi connectivity index (χ2n) is 3.58. The van der Waals surface area contributed by atoms with Crippen molar-refractivity contribution in [1.29, 1.82) is 0 Å². The third-order valence-corrected chi connectivity index (χ3v) is 2.57. The third kappa shape index (κ3) is 2.13. The van der Waals surface area contributed by atoms with E-state index in [0.29, 0.717) is 6.54 Å². The zero-order valence-electron chi connectivity index (χ0n) is 8.50. The average Bonchev–Trinajstić information content (AvgIpc) is 2.48. The lowest BCUT2D eigenvalue weighted by atomic mass is 9.87. The lowest BCUT2D eigenvalue weighted by molar-refractivity contribution is -0.143. The Kier molecular flexibility index (Phi) is 3.28. The predicted molar refractivity (Wildman–Crippen MR) is 51.4 cm³/mol. The van der Waals surface area contributed by atoms with Crippen LogP contribution in [0.15, 0.2) is 12.2 Å². The standard InChI is InChI=1S/C10H15NO3/c1-6(2)8-5-11-10(13)7(8)4-9(12)14-3/h7-8H,1,4-5H2,2-3H3,(H,11,13)/t7-,8+/m0/s1. The summed E-state index contributed by atoms with van der Waals surface area (Å²) in [5.74, 6) is -0.678. The van der Waals surface area contributed by atoms with Crippen LogP contribution >= 0.6 is 0 Å². The minimum absolute atomic E-state index is 0.0570. The number of methoxy groups -OCH3 is 1. The van der Waals surface area contributed by atoms with Gasteiger partial charge in [-0.3, -0.25) is 9.59 Å². The first kappa shape index (κ1) is 10.8. The van der Waals surface area contributed by atoms with Gasteiger partial charge in [0.15, 0.2) is 0 Å². The highest BCUT2D eigenvalue weighted by molar-refractivity contribution is 5.86. The molecule has 1 heterocycles. The highest BCUT2D eigenvalue weighted by atomic mass is 16.5. The summed E-state index contributed by atoms with van der Waals surface area (Å²) in [4.78, 5) is 22.4. The van der Waals surface area contributed by atoms with Crippen LogP contribution in [0.3, 0.4) is 0 Å². The van der Waals surface area contributed by atoms with Gasteiger partial charge in [0.2, 0.25) is 5.91 Å². The summed E-state index contributed by atoms with van der Waals surface area (Å²) < 4.78 is 4.54. The molecule has 1 aliphatic rings. The fraction of sp³-hybridized carbons (Fsp3) is 0.600. The van der Waals surface area contributed by atoms with Gasteiger partial charge >= 0.3 is 5.97 Å². The average molecular weight is 197 g/mol. The van der Waals surface area contributed by atoms with Gasteiger partial charge in [0.25, 0.3) is 0 Å². The summed E-state index contributed by atoms with van der Waals surface area (Å²) in [5.41, 5.74) is 0.928. The van der Waals surface area contributed by atoms with Crippen molar-refractivity contribution in [3.63, 3.8) is 0 Å². The Balaban J connectivity index is 2.67. The molecule has 0 radical (unpaired) electrons. The molecule has 1 aliphatic heterocycles. The van der Waals surface area contributed by atoms with Crippen molar-refractivity contribution in [3.05, 3.63) is 12.2 Å². The van der Waals surface area contributed by atoms with Crippen LogP contribution in [-0.2, 0) is 14.3 Å². The highest BCUT2D eigenvalue weighted by Gasteiger charge is 2.36. The Morgan fingerprint density at radius 1 is 1.71 bits per heavy atom. The molecule has 1 amide bonds. The van der Waals surface area contributed by atoms with Crippen LogP contribution in [0.25, 0.3) is 0 Å². The quantitative estimate of drug-likeness (QED) is 0.529. The van der Waals surface area contributed by atoms with E-state index in [9.17, 15) is 9.59 Å². The zero-order valence-corrected chi connectivity index (χ0v) is 8.50. The Morgan fingerprint density at radius 2 is 2.36 bits per heavy atom. The number of hydrogen-bond acceptors (Lipinski definition) is 3. The van der Waals surface area contributed by atoms with Gasteiger partial charge in [-0.05, 0) is 6.92 Å². The topological polar surface area (TPSA) is 55.4 Å². The molecule has 0 aliphatic carbocycles. The molecule has 78 valence electrons. The Morgan fingerprint density at radius 3 is 2.86 bits per heavy atom. The number of carbonyl (C=O) groups excluding carboxylic acids is 2. The molecule has 4 heteroatoms. The van der Waals surface area contributed by atoms with Gasteiger partial charge in [-0.15, -0.1) is 0 Å². The fourth-order valence-corrected chi connectivity index (χ4v) is 1.68. The number of amides is 1. The molecule has 1 fully saturated rings. The largest absolute Gasteiger partial charge is 0.469 e. The molecule has 0 unspecified atom stereocenters. The number of esters is 1. The molecule has 0 aromatic heterocycles. The first-order valence-corrected chi connectivity index (χ1v) is 4.56. The number of nitrogens with one attached hydrogen (secondary N) is 1. The van der Waals surface area contributed by atoms with E-state index in [1.165, 1.54) is 7.11 Å². The van der Waals surface area contributed by atoms with Crippen molar-refractivity contribution in [3.8, 4) is 0 Å². The molecule has 14 heavy (non-hydrogen) atoms. The minimum Gasteiger partial charge on any atom is -0.469 e. The van der Waals surface area contributed by atoms with Gasteiger partial charge in [0.05, 0.1) is 19.4 Å². The maximum absolute atomic E-state index is 11.4. The summed E-state index contributed by atoms with van der Waals surface area (Å²) in [5, 5.41) is 2.72. The molecule has 2 atom stereocenters. The van der Waals surface area contributed by atoms with Crippen molar-refractivity contribution in [2.45, 2.75) is 13.3 Å². The number of hydrogen-bond donors (Lipinski definition) is 1. The molecule has 1 N–H and O–H groups in total. The number of ether oxygens (including phenoxy) is 1. The highest BCUT2D eigenvalue weighted by Crippen LogP contribution is 2.27. The molecule has 0 bridgehead atoms. The van der Waals surface area contributed by atoms with E-state index in [1.807, 2.05) is 6.92 Å². The molecule has 4 nitrogen and oxygen atoms in total. The van der Waals surface area contributed by atoms with Gasteiger partial charge in [0, 0.05) is 12.5 Å². The van der Waals surface area contributed by atoms with Gasteiger partial charge in [-0.1, -0.05) is 12.2 Å². The lowest BCUT2D eigenvalue weighted by Gasteiger charge is -2.14. The van der Waals surface area contributed by atoms with Crippen LogP contribution < -0.4 is 5.32 Å². The third-order valence-electron chi connectivity index (χ3n) is 2.57. The molecule has 0 spiro atoms.